The highest BCUT2D eigenvalue weighted by molar-refractivity contribution is 5.91. The number of carbonyl (C=O) groups excluding carboxylic acids is 1. The van der Waals surface area contributed by atoms with Gasteiger partial charge in [0, 0.05) is 18.3 Å². The van der Waals surface area contributed by atoms with Gasteiger partial charge in [-0.15, -0.1) is 0 Å². The van der Waals surface area contributed by atoms with Gasteiger partial charge in [0.1, 0.15) is 0 Å². The molecule has 0 atom stereocenters. The number of non-ortho nitro benzene ring substituents is 1. The predicted molar refractivity (Wildman–Crippen MR) is 65.1 cm³/mol. The summed E-state index contributed by atoms with van der Waals surface area (Å²) in [5, 5.41) is 10.5. The summed E-state index contributed by atoms with van der Waals surface area (Å²) in [6.07, 6.45) is 1.41. The fourth-order valence-electron chi connectivity index (χ4n) is 1.36. The van der Waals surface area contributed by atoms with Crippen LogP contribution in [0.4, 0.5) is 5.69 Å². The van der Waals surface area contributed by atoms with E-state index >= 15 is 0 Å². The van der Waals surface area contributed by atoms with Gasteiger partial charge in [-0.1, -0.05) is 0 Å². The van der Waals surface area contributed by atoms with Gasteiger partial charge < -0.3 is 9.72 Å². The number of H-pyrrole nitrogens is 1. The Kier molecular flexibility index (Phi) is 3.37. The third-order valence-electron chi connectivity index (χ3n) is 2.30. The Morgan fingerprint density at radius 3 is 2.47 bits per heavy atom. The van der Waals surface area contributed by atoms with Crippen molar-refractivity contribution in [1.82, 2.24) is 4.98 Å². The largest absolute Gasteiger partial charge is 0.417 e. The van der Waals surface area contributed by atoms with Crippen molar-refractivity contribution in [2.24, 2.45) is 0 Å². The number of nitro benzene ring substituents is 1. The number of aromatic nitrogens is 1. The van der Waals surface area contributed by atoms with Crippen molar-refractivity contribution in [3.63, 3.8) is 0 Å². The molecule has 0 fully saturated rings. The first-order valence-corrected chi connectivity index (χ1v) is 5.22. The molecule has 2 rings (SSSR count). The van der Waals surface area contributed by atoms with Crippen molar-refractivity contribution in [2.75, 3.05) is 0 Å². The number of esters is 1. The number of nitrogens with zero attached hydrogens (tertiary/aromatic N) is 1. The fourth-order valence-corrected chi connectivity index (χ4v) is 1.36. The monoisotopic (exact) mass is 260 g/mol. The van der Waals surface area contributed by atoms with Gasteiger partial charge in [-0.25, -0.2) is 4.79 Å². The lowest BCUT2D eigenvalue weighted by atomic mass is 10.2. The molecule has 1 heterocycles. The van der Waals surface area contributed by atoms with Crippen molar-refractivity contribution in [3.8, 4) is 5.75 Å². The Bertz CT molecular complexity index is 675. The van der Waals surface area contributed by atoms with Gasteiger partial charge in [0.2, 0.25) is 0 Å². The summed E-state index contributed by atoms with van der Waals surface area (Å²) in [4.78, 5) is 35.3. The van der Waals surface area contributed by atoms with Crippen LogP contribution in [0.3, 0.4) is 0 Å². The number of hydrogen-bond donors (Lipinski definition) is 1. The van der Waals surface area contributed by atoms with Crippen LogP contribution in [-0.4, -0.2) is 15.9 Å². The van der Waals surface area contributed by atoms with E-state index in [1.807, 2.05) is 0 Å². The van der Waals surface area contributed by atoms with Gasteiger partial charge in [0.05, 0.1) is 10.5 Å². The van der Waals surface area contributed by atoms with Crippen molar-refractivity contribution in [1.29, 1.82) is 0 Å². The fraction of sp³-hybridized carbons (Fsp3) is 0. The van der Waals surface area contributed by atoms with E-state index in [1.54, 1.807) is 0 Å². The summed E-state index contributed by atoms with van der Waals surface area (Å²) in [5.74, 6) is -0.891. The van der Waals surface area contributed by atoms with Gasteiger partial charge in [0.15, 0.2) is 5.75 Å². The molecule has 1 aromatic carbocycles. The smallest absolute Gasteiger partial charge is 0.343 e. The summed E-state index contributed by atoms with van der Waals surface area (Å²) in [5.41, 5.74) is -0.541. The molecule has 19 heavy (non-hydrogen) atoms. The van der Waals surface area contributed by atoms with Crippen LogP contribution in [0, 0.1) is 10.1 Å². The number of ether oxygens (including phenoxy) is 1. The lowest BCUT2D eigenvalue weighted by Gasteiger charge is -2.02. The zero-order chi connectivity index (χ0) is 13.8. The molecular weight excluding hydrogens is 252 g/mol. The molecule has 0 saturated heterocycles. The zero-order valence-electron chi connectivity index (χ0n) is 9.53. The molecule has 0 aliphatic carbocycles. The summed E-state index contributed by atoms with van der Waals surface area (Å²) in [6, 6.07) is 7.76. The van der Waals surface area contributed by atoms with Crippen LogP contribution in [0.15, 0.2) is 47.4 Å². The molecule has 1 N–H and O–H groups in total. The first-order chi connectivity index (χ1) is 9.08. The standard InChI is InChI=1S/C12H8N2O5/c15-11-10(2-1-7-13-11)19-12(16)8-3-5-9(6-4-8)14(17)18/h1-7H,(H,13,15). The Labute approximate surface area is 106 Å². The highest BCUT2D eigenvalue weighted by atomic mass is 16.6. The number of hydrogen-bond acceptors (Lipinski definition) is 5. The highest BCUT2D eigenvalue weighted by Gasteiger charge is 2.12. The Hall–Kier alpha value is -2.96. The van der Waals surface area contributed by atoms with Gasteiger partial charge in [-0.05, 0) is 24.3 Å². The van der Waals surface area contributed by atoms with Gasteiger partial charge in [-0.3, -0.25) is 14.9 Å². The van der Waals surface area contributed by atoms with Crippen LogP contribution in [0.2, 0.25) is 0 Å². The molecule has 0 saturated carbocycles. The van der Waals surface area contributed by atoms with Crippen LogP contribution in [0.1, 0.15) is 10.4 Å². The van der Waals surface area contributed by atoms with Crippen molar-refractivity contribution in [3.05, 3.63) is 68.6 Å². The first kappa shape index (κ1) is 12.5. The lowest BCUT2D eigenvalue weighted by Crippen LogP contribution is -2.15. The molecule has 0 amide bonds. The first-order valence-electron chi connectivity index (χ1n) is 5.22. The van der Waals surface area contributed by atoms with E-state index in [-0.39, 0.29) is 17.0 Å². The van der Waals surface area contributed by atoms with E-state index in [9.17, 15) is 19.7 Å². The second-order valence-corrected chi connectivity index (χ2v) is 3.56. The highest BCUT2D eigenvalue weighted by Crippen LogP contribution is 2.13. The molecule has 7 nitrogen and oxygen atoms in total. The molecule has 0 bridgehead atoms. The zero-order valence-corrected chi connectivity index (χ0v) is 9.53. The summed E-state index contributed by atoms with van der Waals surface area (Å²) in [6.45, 7) is 0. The van der Waals surface area contributed by atoms with E-state index in [0.717, 1.165) is 0 Å². The second-order valence-electron chi connectivity index (χ2n) is 3.56. The normalized spacial score (nSPS) is 9.89. The topological polar surface area (TPSA) is 102 Å². The molecule has 7 heteroatoms. The van der Waals surface area contributed by atoms with E-state index in [2.05, 4.69) is 4.98 Å². The van der Waals surface area contributed by atoms with Crippen molar-refractivity contribution < 1.29 is 14.5 Å². The molecule has 0 radical (unpaired) electrons. The Balaban J connectivity index is 2.19. The summed E-state index contributed by atoms with van der Waals surface area (Å²) < 4.78 is 4.88. The van der Waals surface area contributed by atoms with E-state index in [1.165, 1.54) is 42.6 Å². The maximum atomic E-state index is 11.7. The van der Waals surface area contributed by atoms with Crippen LogP contribution >= 0.6 is 0 Å². The molecule has 2 aromatic rings. The van der Waals surface area contributed by atoms with Crippen molar-refractivity contribution >= 4 is 11.7 Å². The van der Waals surface area contributed by atoms with Crippen molar-refractivity contribution in [2.45, 2.75) is 0 Å². The number of benzene rings is 1. The minimum atomic E-state index is -0.758. The van der Waals surface area contributed by atoms with Gasteiger partial charge in [0.25, 0.3) is 11.2 Å². The number of aromatic amines is 1. The van der Waals surface area contributed by atoms with Gasteiger partial charge >= 0.3 is 5.97 Å². The number of rotatable bonds is 3. The molecule has 0 spiro atoms. The molecule has 0 unspecified atom stereocenters. The van der Waals surface area contributed by atoms with Crippen LogP contribution in [-0.2, 0) is 0 Å². The van der Waals surface area contributed by atoms with Crippen LogP contribution < -0.4 is 10.3 Å². The maximum Gasteiger partial charge on any atom is 0.343 e. The van der Waals surface area contributed by atoms with E-state index in [4.69, 9.17) is 4.74 Å². The lowest BCUT2D eigenvalue weighted by molar-refractivity contribution is -0.384. The molecule has 1 aromatic heterocycles. The molecule has 0 aliphatic heterocycles. The Morgan fingerprint density at radius 2 is 1.89 bits per heavy atom. The quantitative estimate of drug-likeness (QED) is 0.511. The minimum absolute atomic E-state index is 0.119. The average Bonchev–Trinajstić information content (AvgIpc) is 2.41. The third kappa shape index (κ3) is 2.83. The number of carbonyl (C=O) groups is 1. The maximum absolute atomic E-state index is 11.7. The summed E-state index contributed by atoms with van der Waals surface area (Å²) in [7, 11) is 0. The SMILES string of the molecule is O=C(Oc1ccc[nH]c1=O)c1ccc([N+](=O)[O-])cc1. The summed E-state index contributed by atoms with van der Waals surface area (Å²) >= 11 is 0. The van der Waals surface area contributed by atoms with E-state index < -0.39 is 16.5 Å². The minimum Gasteiger partial charge on any atom is -0.417 e. The number of nitrogens with one attached hydrogen (secondary N) is 1. The van der Waals surface area contributed by atoms with Gasteiger partial charge in [-0.2, -0.15) is 0 Å². The number of nitro groups is 1. The predicted octanol–water partition coefficient (Wildman–Crippen LogP) is 1.50. The molecular formula is C12H8N2O5. The molecule has 96 valence electrons. The second kappa shape index (κ2) is 5.13. The van der Waals surface area contributed by atoms with E-state index in [0.29, 0.717) is 0 Å². The Morgan fingerprint density at radius 1 is 1.21 bits per heavy atom. The molecule has 0 aliphatic rings. The average molecular weight is 260 g/mol. The van der Waals surface area contributed by atoms with Crippen LogP contribution in [0.5, 0.6) is 5.75 Å². The van der Waals surface area contributed by atoms with Crippen LogP contribution in [0.25, 0.3) is 0 Å². The number of pyridine rings is 1. The third-order valence-corrected chi connectivity index (χ3v) is 2.30.